The predicted octanol–water partition coefficient (Wildman–Crippen LogP) is 0.672. The topological polar surface area (TPSA) is 138 Å². The van der Waals surface area contributed by atoms with Crippen LogP contribution >= 0.6 is 0 Å². The number of aliphatic hydroxyl groups excluding tert-OH is 1. The lowest BCUT2D eigenvalue weighted by Gasteiger charge is -2.47. The molecule has 1 aromatic carbocycles. The number of nitrogens with zero attached hydrogens (tertiary/aromatic N) is 2. The van der Waals surface area contributed by atoms with E-state index in [0.29, 0.717) is 29.6 Å². The number of phenols is 2. The number of likely N-dealkylation sites (tertiary alicyclic amines) is 1. The SMILES string of the molecule is C[C@@H](O)[C@H]1C(=O)N2C(C(=O)[O-])=C(C[N+]3(CCCC(=O)c4ccc(O)c(O)c4F)CCCC3)[C@H](C)[C@H]12. The van der Waals surface area contributed by atoms with Crippen LogP contribution in [0.4, 0.5) is 4.39 Å². The van der Waals surface area contributed by atoms with Gasteiger partial charge >= 0.3 is 0 Å². The molecule has 2 saturated heterocycles. The zero-order valence-corrected chi connectivity index (χ0v) is 19.9. The average molecular weight is 491 g/mol. The van der Waals surface area contributed by atoms with E-state index in [4.69, 9.17) is 0 Å². The zero-order valence-electron chi connectivity index (χ0n) is 19.9. The molecule has 35 heavy (non-hydrogen) atoms. The highest BCUT2D eigenvalue weighted by Gasteiger charge is 2.59. The molecule has 0 aromatic heterocycles. The largest absolute Gasteiger partial charge is 0.543 e. The normalized spacial score (nSPS) is 26.0. The lowest BCUT2D eigenvalue weighted by atomic mass is 9.77. The van der Waals surface area contributed by atoms with Gasteiger partial charge in [-0.05, 0) is 19.1 Å². The van der Waals surface area contributed by atoms with E-state index in [2.05, 4.69) is 0 Å². The van der Waals surface area contributed by atoms with E-state index in [9.17, 15) is 39.2 Å². The maximum Gasteiger partial charge on any atom is 0.235 e. The summed E-state index contributed by atoms with van der Waals surface area (Å²) >= 11 is 0. The number of halogens is 1. The number of β-lactam (4-membered cyclic amide) rings is 1. The van der Waals surface area contributed by atoms with Gasteiger partial charge in [0.1, 0.15) is 6.54 Å². The van der Waals surface area contributed by atoms with Gasteiger partial charge in [-0.1, -0.05) is 6.92 Å². The number of fused-ring (bicyclic) bond motifs is 1. The third-order valence-corrected chi connectivity index (χ3v) is 7.96. The number of aliphatic carboxylic acids is 1. The fourth-order valence-electron chi connectivity index (χ4n) is 6.15. The van der Waals surface area contributed by atoms with Gasteiger partial charge in [-0.3, -0.25) is 9.59 Å². The Labute approximate surface area is 202 Å². The molecule has 0 spiro atoms. The first kappa shape index (κ1) is 25.1. The van der Waals surface area contributed by atoms with Gasteiger partial charge in [0.15, 0.2) is 23.1 Å². The van der Waals surface area contributed by atoms with Crippen LogP contribution in [0.1, 0.15) is 49.9 Å². The first-order chi connectivity index (χ1) is 16.5. The van der Waals surface area contributed by atoms with Crippen LogP contribution in [-0.2, 0) is 9.59 Å². The van der Waals surface area contributed by atoms with Crippen molar-refractivity contribution < 1.29 is 43.7 Å². The van der Waals surface area contributed by atoms with E-state index < -0.39 is 53.0 Å². The number of benzene rings is 1. The highest BCUT2D eigenvalue weighted by atomic mass is 19.1. The summed E-state index contributed by atoms with van der Waals surface area (Å²) in [4.78, 5) is 38.5. The van der Waals surface area contributed by atoms with Gasteiger partial charge in [-0.25, -0.2) is 4.39 Å². The second-order valence-corrected chi connectivity index (χ2v) is 10.1. The molecule has 190 valence electrons. The molecule has 0 saturated carbocycles. The van der Waals surface area contributed by atoms with E-state index >= 15 is 0 Å². The number of quaternary nitrogens is 1. The lowest BCUT2D eigenvalue weighted by Crippen LogP contribution is -2.64. The summed E-state index contributed by atoms with van der Waals surface area (Å²) in [7, 11) is 0. The minimum Gasteiger partial charge on any atom is -0.543 e. The molecule has 10 heteroatoms. The van der Waals surface area contributed by atoms with Crippen LogP contribution < -0.4 is 5.11 Å². The van der Waals surface area contributed by atoms with Crippen molar-refractivity contribution in [1.82, 2.24) is 4.90 Å². The number of amides is 1. The molecule has 0 unspecified atom stereocenters. The molecule has 0 aliphatic carbocycles. The summed E-state index contributed by atoms with van der Waals surface area (Å²) in [6.07, 6.45) is 1.46. The maximum atomic E-state index is 14.2. The number of Topliss-reactive ketones (excluding diaryl/α,β-unsaturated/α-hetero) is 1. The monoisotopic (exact) mass is 490 g/mol. The fourth-order valence-corrected chi connectivity index (χ4v) is 6.15. The Morgan fingerprint density at radius 3 is 2.51 bits per heavy atom. The van der Waals surface area contributed by atoms with E-state index in [1.54, 1.807) is 0 Å². The molecule has 2 fully saturated rings. The van der Waals surface area contributed by atoms with Crippen molar-refractivity contribution in [3.8, 4) is 11.5 Å². The minimum absolute atomic E-state index is 0.0282. The second-order valence-electron chi connectivity index (χ2n) is 10.1. The number of aromatic hydroxyl groups is 2. The Hall–Kier alpha value is -2.98. The number of phenolic OH excluding ortho intramolecular Hbond substituents is 2. The molecule has 0 bridgehead atoms. The van der Waals surface area contributed by atoms with Gasteiger partial charge in [0, 0.05) is 37.2 Å². The molecule has 0 radical (unpaired) electrons. The third-order valence-electron chi connectivity index (χ3n) is 7.96. The number of hydrogen-bond acceptors (Lipinski definition) is 7. The molecule has 9 nitrogen and oxygen atoms in total. The molecule has 4 rings (SSSR count). The Bertz CT molecular complexity index is 1090. The second kappa shape index (κ2) is 9.23. The Morgan fingerprint density at radius 1 is 1.26 bits per heavy atom. The number of carbonyl (C=O) groups is 3. The van der Waals surface area contributed by atoms with Crippen molar-refractivity contribution in [3.63, 3.8) is 0 Å². The van der Waals surface area contributed by atoms with Gasteiger partial charge in [-0.2, -0.15) is 0 Å². The van der Waals surface area contributed by atoms with Crippen LogP contribution in [0.15, 0.2) is 23.4 Å². The molecule has 1 amide bonds. The predicted molar refractivity (Wildman–Crippen MR) is 119 cm³/mol. The Balaban J connectivity index is 1.50. The van der Waals surface area contributed by atoms with Gasteiger partial charge in [-0.15, -0.1) is 0 Å². The molecular weight excluding hydrogens is 459 g/mol. The number of ketones is 1. The fraction of sp³-hybridized carbons (Fsp3) is 0.560. The van der Waals surface area contributed by atoms with Crippen molar-refractivity contribution in [2.75, 3.05) is 26.2 Å². The van der Waals surface area contributed by atoms with E-state index in [-0.39, 0.29) is 23.6 Å². The minimum atomic E-state index is -1.40. The summed E-state index contributed by atoms with van der Waals surface area (Å²) in [5.74, 6) is -5.91. The summed E-state index contributed by atoms with van der Waals surface area (Å²) in [5.41, 5.74) is 0.257. The first-order valence-electron chi connectivity index (χ1n) is 12.0. The van der Waals surface area contributed by atoms with Crippen LogP contribution in [-0.4, -0.2) is 80.7 Å². The summed E-state index contributed by atoms with van der Waals surface area (Å²) in [5, 5.41) is 41.0. The van der Waals surface area contributed by atoms with Crippen molar-refractivity contribution in [2.24, 2.45) is 11.8 Å². The van der Waals surface area contributed by atoms with Gasteiger partial charge in [0.05, 0.1) is 54.9 Å². The van der Waals surface area contributed by atoms with Crippen LogP contribution in [0.3, 0.4) is 0 Å². The zero-order chi connectivity index (χ0) is 25.7. The van der Waals surface area contributed by atoms with Gasteiger partial charge in [0.2, 0.25) is 5.91 Å². The Morgan fingerprint density at radius 2 is 1.91 bits per heavy atom. The van der Waals surface area contributed by atoms with Crippen molar-refractivity contribution >= 4 is 17.7 Å². The smallest absolute Gasteiger partial charge is 0.235 e. The summed E-state index contributed by atoms with van der Waals surface area (Å²) in [6, 6.07) is 1.81. The Kier molecular flexibility index (Phi) is 6.63. The average Bonchev–Trinajstić information content (AvgIpc) is 3.34. The molecule has 3 aliphatic heterocycles. The van der Waals surface area contributed by atoms with E-state index in [0.717, 1.165) is 38.1 Å². The molecular formula is C25H31FN2O7. The van der Waals surface area contributed by atoms with Crippen LogP contribution in [0.25, 0.3) is 0 Å². The van der Waals surface area contributed by atoms with Crippen molar-refractivity contribution in [2.45, 2.75) is 51.7 Å². The maximum absolute atomic E-state index is 14.2. The van der Waals surface area contributed by atoms with E-state index in [1.165, 1.54) is 11.8 Å². The molecule has 3 heterocycles. The highest BCUT2D eigenvalue weighted by Crippen LogP contribution is 2.47. The number of rotatable bonds is 9. The lowest BCUT2D eigenvalue weighted by molar-refractivity contribution is -0.912. The summed E-state index contributed by atoms with van der Waals surface area (Å²) < 4.78 is 14.8. The highest BCUT2D eigenvalue weighted by molar-refractivity contribution is 5.99. The molecule has 1 aromatic rings. The first-order valence-corrected chi connectivity index (χ1v) is 12.0. The summed E-state index contributed by atoms with van der Waals surface area (Å²) in [6.45, 7) is 5.95. The quantitative estimate of drug-likeness (QED) is 0.200. The van der Waals surface area contributed by atoms with Gasteiger partial charge < -0.3 is 34.6 Å². The molecule has 4 atom stereocenters. The number of hydrogen-bond donors (Lipinski definition) is 3. The van der Waals surface area contributed by atoms with Crippen LogP contribution in [0.2, 0.25) is 0 Å². The van der Waals surface area contributed by atoms with Gasteiger partial charge in [0.25, 0.3) is 0 Å². The number of carbonyl (C=O) groups excluding carboxylic acids is 3. The van der Waals surface area contributed by atoms with E-state index in [1.807, 2.05) is 6.92 Å². The number of carboxylic acids is 1. The molecule has 3 aliphatic rings. The number of aliphatic hydroxyl groups is 1. The third kappa shape index (κ3) is 4.18. The number of carboxylic acid groups (broad SMARTS) is 1. The van der Waals surface area contributed by atoms with Crippen molar-refractivity contribution in [1.29, 1.82) is 0 Å². The molecule has 3 N–H and O–H groups in total. The van der Waals surface area contributed by atoms with Crippen molar-refractivity contribution in [3.05, 3.63) is 34.8 Å². The van der Waals surface area contributed by atoms with Crippen LogP contribution in [0, 0.1) is 17.7 Å². The van der Waals surface area contributed by atoms with Crippen LogP contribution in [0.5, 0.6) is 11.5 Å². The standard InChI is InChI=1S/C25H31FN2O7/c1-13-16(22(25(34)35)27-21(13)19(14(2)29)24(27)33)12-28(9-3-4-10-28)11-5-6-17(30)15-7-8-18(31)23(32)20(15)26/h7-8,13-14,19,21,29H,3-6,9-12H2,1-2H3,(H2-,30,31,32,34,35)/t13-,14+,19+,21+/m0/s1.